The summed E-state index contributed by atoms with van der Waals surface area (Å²) in [4.78, 5) is 47.8. The lowest BCUT2D eigenvalue weighted by Gasteiger charge is -2.14. The average molecular weight is 780 g/mol. The number of amides is 2. The van der Waals surface area contributed by atoms with Gasteiger partial charge in [0, 0.05) is 58.3 Å². The third-order valence-corrected chi connectivity index (χ3v) is 11.3. The van der Waals surface area contributed by atoms with Gasteiger partial charge >= 0.3 is 0 Å². The predicted molar refractivity (Wildman–Crippen MR) is 222 cm³/mol. The third-order valence-electron chi connectivity index (χ3n) is 10.1. The zero-order valence-electron chi connectivity index (χ0n) is 32.6. The molecule has 12 heteroatoms. The number of carbonyl (C=O) groups excluding carboxylic acids is 2. The van der Waals surface area contributed by atoms with E-state index in [4.69, 9.17) is 14.6 Å². The molecule has 3 aromatic heterocycles. The second-order valence-electron chi connectivity index (χ2n) is 15.1. The number of nitrogens with zero attached hydrogens (tertiary/aromatic N) is 3. The Morgan fingerprint density at radius 3 is 1.98 bits per heavy atom. The number of ether oxygens (including phenoxy) is 2. The summed E-state index contributed by atoms with van der Waals surface area (Å²) in [5.74, 6) is 2.32. The monoisotopic (exact) mass is 779 g/mol. The number of rotatable bonds is 14. The van der Waals surface area contributed by atoms with E-state index in [9.17, 15) is 14.4 Å². The number of aromatic nitrogens is 2. The molecule has 2 aromatic carbocycles. The maximum Gasteiger partial charge on any atom is 0.220 e. The Hall–Kier alpha value is -5.07. The Morgan fingerprint density at radius 2 is 1.41 bits per heavy atom. The van der Waals surface area contributed by atoms with Gasteiger partial charge in [0.05, 0.1) is 17.1 Å². The normalized spacial score (nSPS) is 14.5. The van der Waals surface area contributed by atoms with Crippen molar-refractivity contribution in [3.05, 3.63) is 94.2 Å². The molecule has 3 N–H and O–H groups in total. The van der Waals surface area contributed by atoms with E-state index in [0.29, 0.717) is 66.6 Å². The lowest BCUT2D eigenvalue weighted by molar-refractivity contribution is -0.122. The topological polar surface area (TPSA) is 143 Å². The second-order valence-corrected chi connectivity index (χ2v) is 16.1. The molecule has 11 nitrogen and oxygen atoms in total. The van der Waals surface area contributed by atoms with Gasteiger partial charge in [0.1, 0.15) is 29.6 Å². The molecular formula is C44H53N5O6S. The lowest BCUT2D eigenvalue weighted by atomic mass is 10.1. The average Bonchev–Trinajstić information content (AvgIpc) is 3.90. The van der Waals surface area contributed by atoms with E-state index >= 15 is 0 Å². The molecule has 3 heterocycles. The minimum absolute atomic E-state index is 0.00514. The van der Waals surface area contributed by atoms with E-state index in [-0.39, 0.29) is 23.0 Å². The molecule has 2 fully saturated rings. The van der Waals surface area contributed by atoms with Crippen molar-refractivity contribution in [3.8, 4) is 23.0 Å². The van der Waals surface area contributed by atoms with E-state index in [2.05, 4.69) is 25.5 Å². The van der Waals surface area contributed by atoms with Gasteiger partial charge in [-0.15, -0.1) is 11.3 Å². The van der Waals surface area contributed by atoms with Gasteiger partial charge in [-0.3, -0.25) is 24.4 Å². The molecule has 7 rings (SSSR count). The van der Waals surface area contributed by atoms with E-state index in [1.807, 2.05) is 63.5 Å². The van der Waals surface area contributed by atoms with Gasteiger partial charge in [0.25, 0.3) is 0 Å². The van der Waals surface area contributed by atoms with E-state index < -0.39 is 0 Å². The van der Waals surface area contributed by atoms with Crippen LogP contribution >= 0.6 is 11.3 Å². The summed E-state index contributed by atoms with van der Waals surface area (Å²) in [6.07, 6.45) is 14.5. The first-order valence-electron chi connectivity index (χ1n) is 19.7. The van der Waals surface area contributed by atoms with Crippen molar-refractivity contribution in [2.45, 2.75) is 96.1 Å². The van der Waals surface area contributed by atoms with Crippen LogP contribution in [0.1, 0.15) is 81.2 Å². The molecular weight excluding hydrogens is 727 g/mol. The fraction of sp³-hybridized carbons (Fsp3) is 0.432. The highest BCUT2D eigenvalue weighted by molar-refractivity contribution is 7.24. The van der Waals surface area contributed by atoms with Gasteiger partial charge < -0.3 is 30.1 Å². The number of aryl methyl sites for hydroxylation is 3. The maximum atomic E-state index is 13.4. The molecule has 2 aliphatic carbocycles. The Kier molecular flexibility index (Phi) is 14.3. The van der Waals surface area contributed by atoms with Crippen LogP contribution in [0.3, 0.4) is 0 Å². The van der Waals surface area contributed by atoms with Crippen molar-refractivity contribution in [2.75, 3.05) is 27.2 Å². The molecule has 0 unspecified atom stereocenters. The first kappa shape index (κ1) is 40.6. The summed E-state index contributed by atoms with van der Waals surface area (Å²) in [6, 6.07) is 17.3. The zero-order chi connectivity index (χ0) is 39.4. The van der Waals surface area contributed by atoms with Crippen LogP contribution in [0.5, 0.6) is 23.0 Å². The van der Waals surface area contributed by atoms with E-state index in [0.717, 1.165) is 64.3 Å². The number of likely N-dealkylation sites (N-methyl/N-ethyl adjacent to an activating group) is 1. The molecule has 2 aliphatic rings. The first-order chi connectivity index (χ1) is 27.1. The molecule has 2 amide bonds. The number of benzene rings is 2. The molecule has 0 saturated heterocycles. The smallest absolute Gasteiger partial charge is 0.220 e. The molecule has 0 bridgehead atoms. The summed E-state index contributed by atoms with van der Waals surface area (Å²) in [6.45, 7) is 3.31. The summed E-state index contributed by atoms with van der Waals surface area (Å²) >= 11 is 1.54. The first-order valence-corrected chi connectivity index (χ1v) is 20.6. The molecule has 0 atom stereocenters. The fourth-order valence-electron chi connectivity index (χ4n) is 7.10. The SMILES string of the molecule is Cc1cc(OCCN(C)C)c2sc3cc(Oc4ccc(CCC(=O)NC5CCCC5)nc4)ccc3c(=O)c2c1.O=C(CCc1ccc(O)cn1)NC1CCCC1. The Bertz CT molecular complexity index is 2140. The highest BCUT2D eigenvalue weighted by Crippen LogP contribution is 2.35. The van der Waals surface area contributed by atoms with Gasteiger partial charge in [-0.1, -0.05) is 25.7 Å². The standard InChI is InChI=1S/C31H35N3O4S.C13H18N2O2/c1-20-16-26-30(36)25-12-11-23(18-28(25)39-31(26)27(17-20)37-15-14-34(2)3)38-24-10-8-21(32-19-24)9-13-29(35)33-22-6-4-5-7-22;16-12-7-5-10(14-9-12)6-8-13(17)15-11-3-1-2-4-11/h8,10-12,16-19,22H,4-7,9,13-15H2,1-3H3,(H,33,35);5,7,9,11,16H,1-4,6,8H2,(H,15,17). The highest BCUT2D eigenvalue weighted by atomic mass is 32.1. The fourth-order valence-corrected chi connectivity index (χ4v) is 8.24. The lowest BCUT2D eigenvalue weighted by Crippen LogP contribution is -2.32. The van der Waals surface area contributed by atoms with Crippen LogP contribution in [-0.2, 0) is 22.4 Å². The Labute approximate surface area is 332 Å². The van der Waals surface area contributed by atoms with Crippen LogP contribution in [0.2, 0.25) is 0 Å². The van der Waals surface area contributed by atoms with Crippen LogP contribution in [0, 0.1) is 6.92 Å². The largest absolute Gasteiger partial charge is 0.506 e. The van der Waals surface area contributed by atoms with Gasteiger partial charge in [0.2, 0.25) is 11.8 Å². The van der Waals surface area contributed by atoms with Gasteiger partial charge in [-0.05, 0) is 120 Å². The minimum atomic E-state index is -0.00514. The van der Waals surface area contributed by atoms with Crippen LogP contribution in [0.15, 0.2) is 71.8 Å². The number of hydrogen-bond acceptors (Lipinski definition) is 10. The Morgan fingerprint density at radius 1 is 0.804 bits per heavy atom. The molecule has 56 heavy (non-hydrogen) atoms. The summed E-state index contributed by atoms with van der Waals surface area (Å²) in [7, 11) is 4.01. The van der Waals surface area contributed by atoms with Crippen molar-refractivity contribution in [1.29, 1.82) is 0 Å². The second kappa shape index (κ2) is 19.7. The molecule has 2 saturated carbocycles. The van der Waals surface area contributed by atoms with Gasteiger partial charge in [-0.2, -0.15) is 0 Å². The van der Waals surface area contributed by atoms with Crippen molar-refractivity contribution in [1.82, 2.24) is 25.5 Å². The summed E-state index contributed by atoms with van der Waals surface area (Å²) in [5.41, 5.74) is 2.68. The van der Waals surface area contributed by atoms with Crippen LogP contribution in [-0.4, -0.2) is 71.1 Å². The number of pyridine rings is 2. The number of fused-ring (bicyclic) bond motifs is 2. The maximum absolute atomic E-state index is 13.4. The van der Waals surface area contributed by atoms with Crippen molar-refractivity contribution < 1.29 is 24.2 Å². The van der Waals surface area contributed by atoms with Crippen LogP contribution in [0.4, 0.5) is 0 Å². The van der Waals surface area contributed by atoms with Gasteiger partial charge in [-0.25, -0.2) is 0 Å². The van der Waals surface area contributed by atoms with Crippen LogP contribution in [0.25, 0.3) is 20.2 Å². The Balaban J connectivity index is 0.000000261. The van der Waals surface area contributed by atoms with E-state index in [1.165, 1.54) is 43.2 Å². The molecule has 0 spiro atoms. The number of aromatic hydroxyl groups is 1. The van der Waals surface area contributed by atoms with Crippen molar-refractivity contribution >= 4 is 43.3 Å². The molecule has 5 aromatic rings. The number of carbonyl (C=O) groups is 2. The molecule has 296 valence electrons. The van der Waals surface area contributed by atoms with Crippen molar-refractivity contribution in [2.24, 2.45) is 0 Å². The minimum Gasteiger partial charge on any atom is -0.506 e. The van der Waals surface area contributed by atoms with Crippen LogP contribution < -0.4 is 25.5 Å². The number of hydrogen-bond donors (Lipinski definition) is 3. The quantitative estimate of drug-likeness (QED) is 0.0971. The third kappa shape index (κ3) is 11.7. The predicted octanol–water partition coefficient (Wildman–Crippen LogP) is 7.62. The number of nitrogens with one attached hydrogen (secondary N) is 2. The molecule has 0 aliphatic heterocycles. The summed E-state index contributed by atoms with van der Waals surface area (Å²) < 4.78 is 13.8. The van der Waals surface area contributed by atoms with Crippen molar-refractivity contribution in [3.63, 3.8) is 0 Å². The summed E-state index contributed by atoms with van der Waals surface area (Å²) in [5, 5.41) is 16.6. The van der Waals surface area contributed by atoms with E-state index in [1.54, 1.807) is 18.3 Å². The highest BCUT2D eigenvalue weighted by Gasteiger charge is 2.18. The van der Waals surface area contributed by atoms with Gasteiger partial charge in [0.15, 0.2) is 5.43 Å². The molecule has 0 radical (unpaired) electrons. The zero-order valence-corrected chi connectivity index (χ0v) is 33.5.